The molecule has 2 unspecified atom stereocenters. The third-order valence-electron chi connectivity index (χ3n) is 4.06. The minimum absolute atomic E-state index is 0.0311. The summed E-state index contributed by atoms with van der Waals surface area (Å²) in [7, 11) is 1.63. The third kappa shape index (κ3) is 4.21. The quantitative estimate of drug-likeness (QED) is 0.875. The SMILES string of the molecule is CN(CCC(=O)O)C(=O)NC1CCCC1c1ccccc1. The van der Waals surface area contributed by atoms with E-state index >= 15 is 0 Å². The lowest BCUT2D eigenvalue weighted by Gasteiger charge is -2.25. The van der Waals surface area contributed by atoms with Crippen LogP contribution in [0.2, 0.25) is 0 Å². The van der Waals surface area contributed by atoms with Crippen LogP contribution in [-0.2, 0) is 4.79 Å². The van der Waals surface area contributed by atoms with Crippen LogP contribution in [0.5, 0.6) is 0 Å². The first-order valence-electron chi connectivity index (χ1n) is 7.36. The van der Waals surface area contributed by atoms with Gasteiger partial charge in [0.1, 0.15) is 0 Å². The van der Waals surface area contributed by atoms with Gasteiger partial charge in [-0.25, -0.2) is 4.79 Å². The summed E-state index contributed by atoms with van der Waals surface area (Å²) < 4.78 is 0. The lowest BCUT2D eigenvalue weighted by atomic mass is 9.94. The zero-order valence-electron chi connectivity index (χ0n) is 12.3. The molecule has 0 aliphatic heterocycles. The Labute approximate surface area is 125 Å². The summed E-state index contributed by atoms with van der Waals surface area (Å²) in [5.41, 5.74) is 1.26. The van der Waals surface area contributed by atoms with Crippen molar-refractivity contribution in [3.8, 4) is 0 Å². The van der Waals surface area contributed by atoms with E-state index in [0.717, 1.165) is 19.3 Å². The fourth-order valence-corrected chi connectivity index (χ4v) is 2.87. The predicted molar refractivity (Wildman–Crippen MR) is 80.2 cm³/mol. The van der Waals surface area contributed by atoms with Gasteiger partial charge in [-0.05, 0) is 18.4 Å². The number of nitrogens with one attached hydrogen (secondary N) is 1. The zero-order chi connectivity index (χ0) is 15.2. The first kappa shape index (κ1) is 15.4. The van der Waals surface area contributed by atoms with Crippen molar-refractivity contribution in [3.63, 3.8) is 0 Å². The zero-order valence-corrected chi connectivity index (χ0v) is 12.3. The Hall–Kier alpha value is -2.04. The van der Waals surface area contributed by atoms with E-state index in [-0.39, 0.29) is 25.0 Å². The van der Waals surface area contributed by atoms with E-state index in [1.54, 1.807) is 7.05 Å². The Morgan fingerprint density at radius 3 is 2.67 bits per heavy atom. The Bertz CT molecular complexity index is 490. The molecule has 2 amide bonds. The normalized spacial score (nSPS) is 21.0. The van der Waals surface area contributed by atoms with E-state index < -0.39 is 5.97 Å². The van der Waals surface area contributed by atoms with Crippen LogP contribution in [0.3, 0.4) is 0 Å². The third-order valence-corrected chi connectivity index (χ3v) is 4.06. The number of urea groups is 1. The van der Waals surface area contributed by atoms with Gasteiger partial charge >= 0.3 is 12.0 Å². The molecule has 2 atom stereocenters. The minimum Gasteiger partial charge on any atom is -0.481 e. The molecule has 0 saturated heterocycles. The molecule has 1 aliphatic rings. The molecule has 5 nitrogen and oxygen atoms in total. The molecule has 21 heavy (non-hydrogen) atoms. The van der Waals surface area contributed by atoms with Crippen LogP contribution in [0.15, 0.2) is 30.3 Å². The highest BCUT2D eigenvalue weighted by Gasteiger charge is 2.30. The standard InChI is InChI=1S/C16H22N2O3/c1-18(11-10-15(19)20)16(21)17-14-9-5-8-13(14)12-6-3-2-4-7-12/h2-4,6-7,13-14H,5,8-11H2,1H3,(H,17,21)(H,19,20). The second kappa shape index (κ2) is 7.11. The first-order valence-corrected chi connectivity index (χ1v) is 7.36. The molecule has 1 saturated carbocycles. The first-order chi connectivity index (χ1) is 10.1. The number of aliphatic carboxylic acids is 1. The van der Waals surface area contributed by atoms with Crippen molar-refractivity contribution in [2.75, 3.05) is 13.6 Å². The molecule has 2 N–H and O–H groups in total. The van der Waals surface area contributed by atoms with Crippen molar-refractivity contribution in [3.05, 3.63) is 35.9 Å². The van der Waals surface area contributed by atoms with Crippen LogP contribution in [0.1, 0.15) is 37.2 Å². The minimum atomic E-state index is -0.891. The van der Waals surface area contributed by atoms with E-state index in [1.807, 2.05) is 18.2 Å². The second-order valence-electron chi connectivity index (χ2n) is 5.57. The van der Waals surface area contributed by atoms with E-state index in [1.165, 1.54) is 10.5 Å². The van der Waals surface area contributed by atoms with Crippen LogP contribution < -0.4 is 5.32 Å². The number of carboxylic acid groups (broad SMARTS) is 1. The molecule has 0 spiro atoms. The van der Waals surface area contributed by atoms with Crippen LogP contribution >= 0.6 is 0 Å². The number of carbonyl (C=O) groups excluding carboxylic acids is 1. The van der Waals surface area contributed by atoms with E-state index in [9.17, 15) is 9.59 Å². The number of amides is 2. The Morgan fingerprint density at radius 1 is 1.29 bits per heavy atom. The Balaban J connectivity index is 1.92. The van der Waals surface area contributed by atoms with Crippen molar-refractivity contribution >= 4 is 12.0 Å². The molecule has 2 rings (SSSR count). The maximum Gasteiger partial charge on any atom is 0.317 e. The number of carboxylic acids is 1. The summed E-state index contributed by atoms with van der Waals surface area (Å²) in [6.45, 7) is 0.226. The highest BCUT2D eigenvalue weighted by atomic mass is 16.4. The molecule has 114 valence electrons. The van der Waals surface area contributed by atoms with Gasteiger partial charge in [0.25, 0.3) is 0 Å². The van der Waals surface area contributed by atoms with Crippen molar-refractivity contribution < 1.29 is 14.7 Å². The van der Waals surface area contributed by atoms with Gasteiger partial charge in [0.2, 0.25) is 0 Å². The summed E-state index contributed by atoms with van der Waals surface area (Å²) in [5, 5.41) is 11.7. The van der Waals surface area contributed by atoms with Crippen molar-refractivity contribution in [1.29, 1.82) is 0 Å². The van der Waals surface area contributed by atoms with Crippen LogP contribution in [-0.4, -0.2) is 41.6 Å². The van der Waals surface area contributed by atoms with E-state index in [4.69, 9.17) is 5.11 Å². The molecule has 5 heteroatoms. The molecule has 1 aliphatic carbocycles. The average Bonchev–Trinajstić information content (AvgIpc) is 2.93. The molecule has 1 fully saturated rings. The smallest absolute Gasteiger partial charge is 0.317 e. The number of hydrogen-bond donors (Lipinski definition) is 2. The number of nitrogens with zero attached hydrogens (tertiary/aromatic N) is 1. The Kier molecular flexibility index (Phi) is 5.20. The molecular weight excluding hydrogens is 268 g/mol. The lowest BCUT2D eigenvalue weighted by Crippen LogP contribution is -2.44. The number of hydrogen-bond acceptors (Lipinski definition) is 2. The number of benzene rings is 1. The van der Waals surface area contributed by atoms with Crippen LogP contribution in [0.25, 0.3) is 0 Å². The maximum absolute atomic E-state index is 12.1. The number of rotatable bonds is 5. The van der Waals surface area contributed by atoms with Crippen LogP contribution in [0.4, 0.5) is 4.79 Å². The van der Waals surface area contributed by atoms with Gasteiger partial charge in [-0.3, -0.25) is 4.79 Å². The van der Waals surface area contributed by atoms with Gasteiger partial charge in [-0.1, -0.05) is 36.8 Å². The van der Waals surface area contributed by atoms with Gasteiger partial charge in [-0.15, -0.1) is 0 Å². The summed E-state index contributed by atoms with van der Waals surface area (Å²) in [4.78, 5) is 24.1. The van der Waals surface area contributed by atoms with Crippen molar-refractivity contribution in [1.82, 2.24) is 10.2 Å². The van der Waals surface area contributed by atoms with Gasteiger partial charge in [0.05, 0.1) is 6.42 Å². The van der Waals surface area contributed by atoms with Crippen molar-refractivity contribution in [2.45, 2.75) is 37.6 Å². The van der Waals surface area contributed by atoms with Crippen molar-refractivity contribution in [2.24, 2.45) is 0 Å². The molecule has 0 bridgehead atoms. The van der Waals surface area contributed by atoms with Gasteiger partial charge in [-0.2, -0.15) is 0 Å². The molecule has 0 radical (unpaired) electrons. The molecule has 0 heterocycles. The molecule has 0 aromatic heterocycles. The highest BCUT2D eigenvalue weighted by Crippen LogP contribution is 2.34. The summed E-state index contributed by atoms with van der Waals surface area (Å²) in [5.74, 6) is -0.541. The average molecular weight is 290 g/mol. The summed E-state index contributed by atoms with van der Waals surface area (Å²) in [6.07, 6.45) is 3.12. The summed E-state index contributed by atoms with van der Waals surface area (Å²) >= 11 is 0. The van der Waals surface area contributed by atoms with Gasteiger partial charge < -0.3 is 15.3 Å². The van der Waals surface area contributed by atoms with Gasteiger partial charge in [0, 0.05) is 25.6 Å². The lowest BCUT2D eigenvalue weighted by molar-refractivity contribution is -0.137. The van der Waals surface area contributed by atoms with E-state index in [0.29, 0.717) is 5.92 Å². The molecule has 1 aromatic rings. The van der Waals surface area contributed by atoms with Crippen LogP contribution in [0, 0.1) is 0 Å². The molecule has 1 aromatic carbocycles. The highest BCUT2D eigenvalue weighted by molar-refractivity contribution is 5.75. The summed E-state index contributed by atoms with van der Waals surface area (Å²) in [6, 6.07) is 10.2. The largest absolute Gasteiger partial charge is 0.481 e. The Morgan fingerprint density at radius 2 is 2.00 bits per heavy atom. The molecular formula is C16H22N2O3. The topological polar surface area (TPSA) is 69.6 Å². The fourth-order valence-electron chi connectivity index (χ4n) is 2.87. The second-order valence-corrected chi connectivity index (χ2v) is 5.57. The predicted octanol–water partition coefficient (Wildman–Crippen LogP) is 2.44. The van der Waals surface area contributed by atoms with E-state index in [2.05, 4.69) is 17.4 Å². The number of carbonyl (C=O) groups is 2. The maximum atomic E-state index is 12.1. The monoisotopic (exact) mass is 290 g/mol. The fraction of sp³-hybridized carbons (Fsp3) is 0.500. The van der Waals surface area contributed by atoms with Gasteiger partial charge in [0.15, 0.2) is 0 Å².